The molecule has 1 aliphatic rings. The lowest BCUT2D eigenvalue weighted by molar-refractivity contribution is 0.0956. The Hall–Kier alpha value is -2.92. The van der Waals surface area contributed by atoms with Crippen LogP contribution in [0.2, 0.25) is 0 Å². The first kappa shape index (κ1) is 19.4. The molecule has 0 radical (unpaired) electrons. The highest BCUT2D eigenvalue weighted by Crippen LogP contribution is 2.23. The number of amides is 1. The maximum absolute atomic E-state index is 14.0. The van der Waals surface area contributed by atoms with Crippen molar-refractivity contribution in [3.63, 3.8) is 0 Å². The van der Waals surface area contributed by atoms with Crippen molar-refractivity contribution in [3.05, 3.63) is 77.6 Å². The molecular formula is C24H26FN3O. The third-order valence-corrected chi connectivity index (χ3v) is 5.63. The lowest BCUT2D eigenvalue weighted by Crippen LogP contribution is -2.44. The van der Waals surface area contributed by atoms with E-state index < -0.39 is 0 Å². The van der Waals surface area contributed by atoms with E-state index in [2.05, 4.69) is 40.4 Å². The van der Waals surface area contributed by atoms with Crippen LogP contribution in [0, 0.1) is 5.82 Å². The number of halogens is 1. The Morgan fingerprint density at radius 3 is 2.41 bits per heavy atom. The van der Waals surface area contributed by atoms with E-state index in [-0.39, 0.29) is 11.7 Å². The van der Waals surface area contributed by atoms with Gasteiger partial charge in [-0.15, -0.1) is 0 Å². The zero-order valence-electron chi connectivity index (χ0n) is 16.7. The molecule has 1 N–H and O–H groups in total. The van der Waals surface area contributed by atoms with Crippen LogP contribution in [0.15, 0.2) is 60.7 Å². The molecule has 1 saturated heterocycles. The molecule has 0 saturated carbocycles. The van der Waals surface area contributed by atoms with E-state index in [0.717, 1.165) is 32.6 Å². The molecule has 1 aliphatic heterocycles. The second-order valence-electron chi connectivity index (χ2n) is 7.57. The number of rotatable bonds is 5. The summed E-state index contributed by atoms with van der Waals surface area (Å²) in [7, 11) is 2.15. The third kappa shape index (κ3) is 4.25. The number of carbonyl (C=O) groups is 1. The normalized spacial score (nSPS) is 14.9. The van der Waals surface area contributed by atoms with E-state index in [1.165, 1.54) is 17.3 Å². The molecule has 29 heavy (non-hydrogen) atoms. The molecule has 150 valence electrons. The Kier molecular flexibility index (Phi) is 5.76. The van der Waals surface area contributed by atoms with Crippen LogP contribution in [0.1, 0.15) is 15.9 Å². The van der Waals surface area contributed by atoms with Gasteiger partial charge >= 0.3 is 0 Å². The third-order valence-electron chi connectivity index (χ3n) is 5.63. The molecule has 4 rings (SSSR count). The van der Waals surface area contributed by atoms with Gasteiger partial charge < -0.3 is 15.1 Å². The summed E-state index contributed by atoms with van der Waals surface area (Å²) in [6.45, 7) is 4.68. The average Bonchev–Trinajstić information content (AvgIpc) is 2.75. The molecule has 1 heterocycles. The van der Waals surface area contributed by atoms with Crippen LogP contribution in [-0.2, 0) is 6.42 Å². The second kappa shape index (κ2) is 8.62. The summed E-state index contributed by atoms with van der Waals surface area (Å²) in [4.78, 5) is 17.5. The fraction of sp³-hybridized carbons (Fsp3) is 0.292. The largest absolute Gasteiger partial charge is 0.369 e. The van der Waals surface area contributed by atoms with Crippen molar-refractivity contribution >= 4 is 22.4 Å². The molecule has 0 aromatic heterocycles. The maximum atomic E-state index is 14.0. The van der Waals surface area contributed by atoms with Gasteiger partial charge in [-0.2, -0.15) is 0 Å². The van der Waals surface area contributed by atoms with Crippen LogP contribution in [0.5, 0.6) is 0 Å². The van der Waals surface area contributed by atoms with Gasteiger partial charge in [-0.05, 0) is 42.6 Å². The Balaban J connectivity index is 1.44. The summed E-state index contributed by atoms with van der Waals surface area (Å²) in [6.07, 6.45) is 0.757. The van der Waals surface area contributed by atoms with Gasteiger partial charge in [0.05, 0.1) is 0 Å². The van der Waals surface area contributed by atoms with E-state index in [4.69, 9.17) is 0 Å². The summed E-state index contributed by atoms with van der Waals surface area (Å²) >= 11 is 0. The fourth-order valence-corrected chi connectivity index (χ4v) is 3.94. The molecule has 1 fully saturated rings. The first-order valence-corrected chi connectivity index (χ1v) is 10.1. The van der Waals surface area contributed by atoms with E-state index in [1.807, 2.05) is 12.1 Å². The quantitative estimate of drug-likeness (QED) is 0.720. The number of para-hydroxylation sites is 1. The van der Waals surface area contributed by atoms with Gasteiger partial charge in [-0.1, -0.05) is 42.5 Å². The SMILES string of the molecule is CN1CCN(c2ccccc2CCNC(=O)c2ccc(F)c3ccccc23)CC1. The maximum Gasteiger partial charge on any atom is 0.251 e. The average molecular weight is 391 g/mol. The van der Waals surface area contributed by atoms with Crippen molar-refractivity contribution in [2.75, 3.05) is 44.7 Å². The van der Waals surface area contributed by atoms with Crippen LogP contribution >= 0.6 is 0 Å². The molecule has 4 nitrogen and oxygen atoms in total. The van der Waals surface area contributed by atoms with Crippen molar-refractivity contribution in [2.24, 2.45) is 0 Å². The number of piperazine rings is 1. The molecule has 3 aromatic carbocycles. The van der Waals surface area contributed by atoms with Crippen molar-refractivity contribution < 1.29 is 9.18 Å². The summed E-state index contributed by atoms with van der Waals surface area (Å²) in [6, 6.07) is 18.4. The van der Waals surface area contributed by atoms with Crippen molar-refractivity contribution in [1.29, 1.82) is 0 Å². The first-order chi connectivity index (χ1) is 14.1. The van der Waals surface area contributed by atoms with Gasteiger partial charge in [0.1, 0.15) is 5.82 Å². The fourth-order valence-electron chi connectivity index (χ4n) is 3.94. The molecule has 0 spiro atoms. The zero-order chi connectivity index (χ0) is 20.2. The molecule has 3 aromatic rings. The molecule has 0 bridgehead atoms. The Bertz CT molecular complexity index is 1010. The van der Waals surface area contributed by atoms with E-state index >= 15 is 0 Å². The zero-order valence-corrected chi connectivity index (χ0v) is 16.7. The molecule has 1 amide bonds. The highest BCUT2D eigenvalue weighted by atomic mass is 19.1. The van der Waals surface area contributed by atoms with Crippen LogP contribution < -0.4 is 10.2 Å². The standard InChI is InChI=1S/C24H26FN3O/c1-27-14-16-28(17-15-27)23-9-5-2-6-18(23)12-13-26-24(29)21-10-11-22(25)20-8-4-3-7-19(20)21/h2-11H,12-17H2,1H3,(H,26,29). The highest BCUT2D eigenvalue weighted by molar-refractivity contribution is 6.07. The minimum Gasteiger partial charge on any atom is -0.369 e. The van der Waals surface area contributed by atoms with Gasteiger partial charge in [0.25, 0.3) is 5.91 Å². The molecule has 0 unspecified atom stereocenters. The number of nitrogens with one attached hydrogen (secondary N) is 1. The van der Waals surface area contributed by atoms with E-state index in [9.17, 15) is 9.18 Å². The van der Waals surface area contributed by atoms with Crippen LogP contribution in [0.25, 0.3) is 10.8 Å². The number of hydrogen-bond donors (Lipinski definition) is 1. The van der Waals surface area contributed by atoms with Crippen molar-refractivity contribution in [2.45, 2.75) is 6.42 Å². The number of fused-ring (bicyclic) bond motifs is 1. The van der Waals surface area contributed by atoms with Crippen LogP contribution in [0.4, 0.5) is 10.1 Å². The van der Waals surface area contributed by atoms with Crippen molar-refractivity contribution in [3.8, 4) is 0 Å². The van der Waals surface area contributed by atoms with Crippen LogP contribution in [-0.4, -0.2) is 50.6 Å². The Morgan fingerprint density at radius 2 is 1.62 bits per heavy atom. The smallest absolute Gasteiger partial charge is 0.251 e. The second-order valence-corrected chi connectivity index (χ2v) is 7.57. The molecule has 5 heteroatoms. The molecular weight excluding hydrogens is 365 g/mol. The van der Waals surface area contributed by atoms with Gasteiger partial charge in [-0.3, -0.25) is 4.79 Å². The number of hydrogen-bond acceptors (Lipinski definition) is 3. The lowest BCUT2D eigenvalue weighted by Gasteiger charge is -2.35. The van der Waals surface area contributed by atoms with Gasteiger partial charge in [0, 0.05) is 49.4 Å². The number of anilines is 1. The van der Waals surface area contributed by atoms with Gasteiger partial charge in [-0.25, -0.2) is 4.39 Å². The van der Waals surface area contributed by atoms with E-state index in [1.54, 1.807) is 24.3 Å². The predicted molar refractivity (Wildman–Crippen MR) is 116 cm³/mol. The minimum absolute atomic E-state index is 0.168. The monoisotopic (exact) mass is 391 g/mol. The number of likely N-dealkylation sites (N-methyl/N-ethyl adjacent to an activating group) is 1. The number of benzene rings is 3. The van der Waals surface area contributed by atoms with E-state index in [0.29, 0.717) is 22.9 Å². The highest BCUT2D eigenvalue weighted by Gasteiger charge is 2.17. The van der Waals surface area contributed by atoms with Crippen molar-refractivity contribution in [1.82, 2.24) is 10.2 Å². The molecule has 0 aliphatic carbocycles. The topological polar surface area (TPSA) is 35.6 Å². The minimum atomic E-state index is -0.307. The Morgan fingerprint density at radius 1 is 0.931 bits per heavy atom. The van der Waals surface area contributed by atoms with Gasteiger partial charge in [0.15, 0.2) is 0 Å². The summed E-state index contributed by atoms with van der Waals surface area (Å²) in [5, 5.41) is 4.12. The number of nitrogens with zero attached hydrogens (tertiary/aromatic N) is 2. The first-order valence-electron chi connectivity index (χ1n) is 10.1. The Labute approximate surface area is 170 Å². The predicted octanol–water partition coefficient (Wildman–Crippen LogP) is 3.70. The van der Waals surface area contributed by atoms with Crippen LogP contribution in [0.3, 0.4) is 0 Å². The summed E-state index contributed by atoms with van der Waals surface area (Å²) in [5.74, 6) is -0.475. The summed E-state index contributed by atoms with van der Waals surface area (Å²) < 4.78 is 14.0. The summed E-state index contributed by atoms with van der Waals surface area (Å²) in [5.41, 5.74) is 3.00. The van der Waals surface area contributed by atoms with Gasteiger partial charge in [0.2, 0.25) is 0 Å². The number of carbonyl (C=O) groups excluding carboxylic acids is 1. The lowest BCUT2D eigenvalue weighted by atomic mass is 10.0. The molecule has 0 atom stereocenters.